The van der Waals surface area contributed by atoms with Crippen molar-refractivity contribution in [3.8, 4) is 0 Å². The Morgan fingerprint density at radius 1 is 1.40 bits per heavy atom. The van der Waals surface area contributed by atoms with Crippen LogP contribution in [0.1, 0.15) is 19.8 Å². The molecule has 0 unspecified atom stereocenters. The smallest absolute Gasteiger partial charge is 0.335 e. The molecule has 1 fully saturated rings. The Morgan fingerprint density at radius 3 is 2.60 bits per heavy atom. The lowest BCUT2D eigenvalue weighted by Gasteiger charge is -2.30. The number of carbonyl (C=O) groups is 2. The fourth-order valence-electron chi connectivity index (χ4n) is 1.45. The van der Waals surface area contributed by atoms with Gasteiger partial charge in [0.05, 0.1) is 7.11 Å². The van der Waals surface area contributed by atoms with E-state index in [1.165, 1.54) is 14.0 Å². The van der Waals surface area contributed by atoms with Crippen molar-refractivity contribution < 1.29 is 23.8 Å². The molecule has 1 rings (SSSR count). The van der Waals surface area contributed by atoms with E-state index in [4.69, 9.17) is 9.47 Å². The largest absolute Gasteiger partial charge is 0.467 e. The number of esters is 2. The molecule has 0 aromatic rings. The monoisotopic (exact) mass is 280 g/mol. The highest BCUT2D eigenvalue weighted by molar-refractivity contribution is 9.09. The van der Waals surface area contributed by atoms with E-state index < -0.39 is 12.1 Å². The second-order valence-corrected chi connectivity index (χ2v) is 4.28. The average molecular weight is 281 g/mol. The van der Waals surface area contributed by atoms with E-state index in [1.807, 2.05) is 0 Å². The van der Waals surface area contributed by atoms with Crippen LogP contribution in [-0.4, -0.2) is 36.3 Å². The number of hydrogen-bond acceptors (Lipinski definition) is 5. The number of carbonyl (C=O) groups excluding carboxylic acids is 2. The molecule has 0 radical (unpaired) electrons. The molecule has 0 aliphatic carbocycles. The Labute approximate surface area is 96.2 Å². The van der Waals surface area contributed by atoms with E-state index in [9.17, 15) is 9.59 Å². The first-order valence-corrected chi connectivity index (χ1v) is 5.49. The summed E-state index contributed by atoms with van der Waals surface area (Å²) >= 11 is 3.24. The van der Waals surface area contributed by atoms with E-state index in [0.717, 1.165) is 0 Å². The molecule has 0 spiro atoms. The molecule has 0 aromatic carbocycles. The quantitative estimate of drug-likeness (QED) is 0.558. The van der Waals surface area contributed by atoms with Crippen molar-refractivity contribution in [1.82, 2.24) is 0 Å². The molecular weight excluding hydrogens is 268 g/mol. The Balaban J connectivity index is 2.55. The molecule has 1 aliphatic heterocycles. The van der Waals surface area contributed by atoms with Gasteiger partial charge in [0.2, 0.25) is 0 Å². The summed E-state index contributed by atoms with van der Waals surface area (Å²) in [7, 11) is 1.30. The molecule has 15 heavy (non-hydrogen) atoms. The molecule has 0 amide bonds. The minimum absolute atomic E-state index is 0.292. The highest BCUT2D eigenvalue weighted by Gasteiger charge is 2.34. The maximum atomic E-state index is 11.2. The van der Waals surface area contributed by atoms with Crippen LogP contribution in [0.2, 0.25) is 0 Å². The maximum absolute atomic E-state index is 11.2. The average Bonchev–Trinajstić information content (AvgIpc) is 2.14. The van der Waals surface area contributed by atoms with Crippen LogP contribution in [0, 0.1) is 0 Å². The van der Waals surface area contributed by atoms with E-state index >= 15 is 0 Å². The predicted molar refractivity (Wildman–Crippen MR) is 54.4 cm³/mol. The molecule has 0 saturated carbocycles. The van der Waals surface area contributed by atoms with Gasteiger partial charge < -0.3 is 14.2 Å². The standard InChI is InChI=1S/C9H13BrO5/c1-5(11)14-6-3-7(9(12)13-2)15-8(10)4-6/h6-8H,3-4H2,1-2H3/t6-,7-,8+/m0/s1. The lowest BCUT2D eigenvalue weighted by molar-refractivity contribution is -0.170. The van der Waals surface area contributed by atoms with Crippen molar-refractivity contribution in [3.63, 3.8) is 0 Å². The molecular formula is C9H13BrO5. The van der Waals surface area contributed by atoms with Gasteiger partial charge in [-0.1, -0.05) is 15.9 Å². The molecule has 1 saturated heterocycles. The molecule has 0 N–H and O–H groups in total. The van der Waals surface area contributed by atoms with Crippen LogP contribution in [0.3, 0.4) is 0 Å². The van der Waals surface area contributed by atoms with Crippen LogP contribution >= 0.6 is 15.9 Å². The Morgan fingerprint density at radius 2 is 2.07 bits per heavy atom. The highest BCUT2D eigenvalue weighted by atomic mass is 79.9. The Bertz CT molecular complexity index is 255. The summed E-state index contributed by atoms with van der Waals surface area (Å²) in [6, 6.07) is 0. The number of alkyl halides is 1. The Hall–Kier alpha value is -0.620. The zero-order chi connectivity index (χ0) is 11.4. The number of halogens is 1. The second kappa shape index (κ2) is 5.46. The van der Waals surface area contributed by atoms with Gasteiger partial charge >= 0.3 is 11.9 Å². The van der Waals surface area contributed by atoms with Crippen molar-refractivity contribution >= 4 is 27.9 Å². The normalized spacial score (nSPS) is 30.7. The molecule has 86 valence electrons. The van der Waals surface area contributed by atoms with Gasteiger partial charge in [-0.3, -0.25) is 4.79 Å². The summed E-state index contributed by atoms with van der Waals surface area (Å²) in [5.74, 6) is -0.804. The van der Waals surface area contributed by atoms with Gasteiger partial charge in [-0.15, -0.1) is 0 Å². The Kier molecular flexibility index (Phi) is 4.53. The number of methoxy groups -OCH3 is 1. The summed E-state index contributed by atoms with van der Waals surface area (Å²) in [6.07, 6.45) is -0.0938. The van der Waals surface area contributed by atoms with Crippen molar-refractivity contribution in [2.24, 2.45) is 0 Å². The van der Waals surface area contributed by atoms with Gasteiger partial charge in [-0.2, -0.15) is 0 Å². The van der Waals surface area contributed by atoms with Crippen LogP contribution in [-0.2, 0) is 23.8 Å². The van der Waals surface area contributed by atoms with Crippen molar-refractivity contribution in [1.29, 1.82) is 0 Å². The maximum Gasteiger partial charge on any atom is 0.335 e. The van der Waals surface area contributed by atoms with Crippen molar-refractivity contribution in [3.05, 3.63) is 0 Å². The van der Waals surface area contributed by atoms with Crippen LogP contribution in [0.25, 0.3) is 0 Å². The predicted octanol–water partition coefficient (Wildman–Crippen LogP) is 0.991. The number of rotatable bonds is 2. The van der Waals surface area contributed by atoms with Gasteiger partial charge in [0.15, 0.2) is 6.10 Å². The van der Waals surface area contributed by atoms with Crippen LogP contribution in [0.4, 0.5) is 0 Å². The van der Waals surface area contributed by atoms with Gasteiger partial charge in [-0.25, -0.2) is 4.79 Å². The third-order valence-electron chi connectivity index (χ3n) is 2.03. The minimum Gasteiger partial charge on any atom is -0.467 e. The topological polar surface area (TPSA) is 61.8 Å². The first-order valence-electron chi connectivity index (χ1n) is 4.57. The van der Waals surface area contributed by atoms with E-state index in [-0.39, 0.29) is 17.1 Å². The molecule has 0 bridgehead atoms. The van der Waals surface area contributed by atoms with Gasteiger partial charge in [0.25, 0.3) is 0 Å². The lowest BCUT2D eigenvalue weighted by atomic mass is 10.1. The van der Waals surface area contributed by atoms with Gasteiger partial charge in [0.1, 0.15) is 11.1 Å². The van der Waals surface area contributed by atoms with Crippen LogP contribution in [0.5, 0.6) is 0 Å². The summed E-state index contributed by atoms with van der Waals surface area (Å²) in [4.78, 5) is 22.0. The fraction of sp³-hybridized carbons (Fsp3) is 0.778. The summed E-state index contributed by atoms with van der Waals surface area (Å²) in [6.45, 7) is 1.34. The van der Waals surface area contributed by atoms with Crippen molar-refractivity contribution in [2.75, 3.05) is 7.11 Å². The summed E-state index contributed by atoms with van der Waals surface area (Å²) in [5.41, 5.74) is 0. The zero-order valence-electron chi connectivity index (χ0n) is 8.57. The lowest BCUT2D eigenvalue weighted by Crippen LogP contribution is -2.40. The molecule has 3 atom stereocenters. The highest BCUT2D eigenvalue weighted by Crippen LogP contribution is 2.26. The second-order valence-electron chi connectivity index (χ2n) is 3.26. The van der Waals surface area contributed by atoms with E-state index in [1.54, 1.807) is 0 Å². The van der Waals surface area contributed by atoms with Gasteiger partial charge in [-0.05, 0) is 0 Å². The summed E-state index contributed by atoms with van der Waals surface area (Å²) in [5, 5.41) is -0.292. The third-order valence-corrected chi connectivity index (χ3v) is 2.62. The van der Waals surface area contributed by atoms with Crippen LogP contribution < -0.4 is 0 Å². The third kappa shape index (κ3) is 3.79. The zero-order valence-corrected chi connectivity index (χ0v) is 10.2. The van der Waals surface area contributed by atoms with Crippen LogP contribution in [0.15, 0.2) is 0 Å². The molecule has 0 aromatic heterocycles. The minimum atomic E-state index is -0.669. The van der Waals surface area contributed by atoms with Gasteiger partial charge in [0, 0.05) is 19.8 Å². The molecule has 6 heteroatoms. The first-order chi connectivity index (χ1) is 7.02. The number of hydrogen-bond donors (Lipinski definition) is 0. The summed E-state index contributed by atoms with van der Waals surface area (Å²) < 4.78 is 14.9. The SMILES string of the molecule is COC(=O)[C@@H]1C[C@H](OC(C)=O)C[C@H](Br)O1. The van der Waals surface area contributed by atoms with E-state index in [2.05, 4.69) is 20.7 Å². The molecule has 1 heterocycles. The number of ether oxygens (including phenoxy) is 3. The fourth-order valence-corrected chi connectivity index (χ4v) is 2.12. The molecule has 1 aliphatic rings. The molecule has 5 nitrogen and oxygen atoms in total. The van der Waals surface area contributed by atoms with E-state index in [0.29, 0.717) is 12.8 Å². The van der Waals surface area contributed by atoms with Crippen molar-refractivity contribution in [2.45, 2.75) is 37.0 Å². The first kappa shape index (κ1) is 12.4.